The maximum atomic E-state index is 11.4. The van der Waals surface area contributed by atoms with Crippen LogP contribution in [0.2, 0.25) is 0 Å². The fourth-order valence-corrected chi connectivity index (χ4v) is 3.02. The molecular formula is C9H12O4. The highest BCUT2D eigenvalue weighted by atomic mass is 16.6. The Kier molecular flexibility index (Phi) is 1.34. The van der Waals surface area contributed by atoms with E-state index in [0.29, 0.717) is 6.61 Å². The standard InChI is InChI=1S/C9H12O4/c10-4-9-2-1-6(13-9)5-3-12-8(11)7(5)9/h5-7,10H,1-4H2/t5-,6-,7+,9-/m1/s1. The predicted molar refractivity (Wildman–Crippen MR) is 41.9 cm³/mol. The monoisotopic (exact) mass is 184 g/mol. The molecule has 13 heavy (non-hydrogen) atoms. The molecule has 0 aromatic carbocycles. The maximum absolute atomic E-state index is 11.4. The van der Waals surface area contributed by atoms with Crippen LogP contribution in [0.15, 0.2) is 0 Å². The average molecular weight is 184 g/mol. The average Bonchev–Trinajstić information content (AvgIpc) is 2.76. The number of fused-ring (bicyclic) bond motifs is 5. The second kappa shape index (κ2) is 2.25. The molecule has 0 spiro atoms. The number of esters is 1. The molecule has 3 aliphatic rings. The Morgan fingerprint density at radius 3 is 3.23 bits per heavy atom. The lowest BCUT2D eigenvalue weighted by Crippen LogP contribution is -2.42. The zero-order valence-corrected chi connectivity index (χ0v) is 7.23. The predicted octanol–water partition coefficient (Wildman–Crippen LogP) is -0.301. The number of hydrogen-bond acceptors (Lipinski definition) is 4. The van der Waals surface area contributed by atoms with E-state index >= 15 is 0 Å². The topological polar surface area (TPSA) is 55.8 Å². The van der Waals surface area contributed by atoms with Gasteiger partial charge in [-0.3, -0.25) is 4.79 Å². The van der Waals surface area contributed by atoms with Crippen LogP contribution in [0, 0.1) is 11.8 Å². The molecule has 0 amide bonds. The Labute approximate surface area is 75.8 Å². The van der Waals surface area contributed by atoms with Gasteiger partial charge in [-0.05, 0) is 12.8 Å². The molecule has 2 bridgehead atoms. The fourth-order valence-electron chi connectivity index (χ4n) is 3.02. The first-order valence-electron chi connectivity index (χ1n) is 4.72. The molecular weight excluding hydrogens is 172 g/mol. The zero-order chi connectivity index (χ0) is 9.05. The number of hydrogen-bond donors (Lipinski definition) is 1. The van der Waals surface area contributed by atoms with E-state index in [0.717, 1.165) is 12.8 Å². The molecule has 0 unspecified atom stereocenters. The smallest absolute Gasteiger partial charge is 0.312 e. The van der Waals surface area contributed by atoms with Crippen molar-refractivity contribution in [3.8, 4) is 0 Å². The van der Waals surface area contributed by atoms with Gasteiger partial charge in [0.15, 0.2) is 0 Å². The van der Waals surface area contributed by atoms with Crippen LogP contribution in [-0.4, -0.2) is 36.0 Å². The van der Waals surface area contributed by atoms with Crippen molar-refractivity contribution in [2.45, 2.75) is 24.5 Å². The minimum Gasteiger partial charge on any atom is -0.465 e. The molecule has 0 saturated carbocycles. The second-order valence-corrected chi connectivity index (χ2v) is 4.19. The van der Waals surface area contributed by atoms with Crippen LogP contribution in [0.4, 0.5) is 0 Å². The quantitative estimate of drug-likeness (QED) is 0.568. The Bertz CT molecular complexity index is 264. The Balaban J connectivity index is 2.00. The van der Waals surface area contributed by atoms with E-state index in [2.05, 4.69) is 0 Å². The molecule has 0 aliphatic carbocycles. The van der Waals surface area contributed by atoms with Crippen LogP contribution < -0.4 is 0 Å². The summed E-state index contributed by atoms with van der Waals surface area (Å²) in [6.07, 6.45) is 1.89. The van der Waals surface area contributed by atoms with Crippen molar-refractivity contribution in [2.75, 3.05) is 13.2 Å². The molecule has 3 aliphatic heterocycles. The number of cyclic esters (lactones) is 1. The molecule has 0 aromatic heterocycles. The molecule has 4 atom stereocenters. The van der Waals surface area contributed by atoms with Gasteiger partial charge in [-0.1, -0.05) is 0 Å². The van der Waals surface area contributed by atoms with Gasteiger partial charge in [-0.15, -0.1) is 0 Å². The summed E-state index contributed by atoms with van der Waals surface area (Å²) >= 11 is 0. The van der Waals surface area contributed by atoms with E-state index in [1.807, 2.05) is 0 Å². The number of rotatable bonds is 1. The summed E-state index contributed by atoms with van der Waals surface area (Å²) < 4.78 is 10.7. The van der Waals surface area contributed by atoms with Gasteiger partial charge in [0.1, 0.15) is 5.60 Å². The number of aliphatic hydroxyl groups is 1. The molecule has 0 radical (unpaired) electrons. The first-order chi connectivity index (χ1) is 6.27. The highest BCUT2D eigenvalue weighted by Crippen LogP contribution is 2.53. The van der Waals surface area contributed by atoms with Crippen molar-refractivity contribution in [2.24, 2.45) is 11.8 Å². The van der Waals surface area contributed by atoms with Crippen LogP contribution in [-0.2, 0) is 14.3 Å². The molecule has 0 aromatic rings. The van der Waals surface area contributed by atoms with E-state index in [9.17, 15) is 9.90 Å². The normalized spacial score (nSPS) is 52.4. The number of carbonyl (C=O) groups excluding carboxylic acids is 1. The van der Waals surface area contributed by atoms with Gasteiger partial charge >= 0.3 is 5.97 Å². The number of aliphatic hydroxyl groups excluding tert-OH is 1. The Morgan fingerprint density at radius 1 is 1.62 bits per heavy atom. The lowest BCUT2D eigenvalue weighted by Gasteiger charge is -2.27. The summed E-state index contributed by atoms with van der Waals surface area (Å²) in [6.45, 7) is 0.426. The molecule has 72 valence electrons. The van der Waals surface area contributed by atoms with Gasteiger partial charge in [0.25, 0.3) is 0 Å². The number of ether oxygens (including phenoxy) is 2. The SMILES string of the molecule is O=C1OC[C@H]2[C@@H]1[C@]1(CO)CC[C@H]2O1. The Morgan fingerprint density at radius 2 is 2.46 bits per heavy atom. The maximum Gasteiger partial charge on any atom is 0.312 e. The molecule has 3 rings (SSSR count). The van der Waals surface area contributed by atoms with E-state index < -0.39 is 5.60 Å². The third-order valence-corrected chi connectivity index (χ3v) is 3.65. The molecule has 3 fully saturated rings. The van der Waals surface area contributed by atoms with Gasteiger partial charge in [0, 0.05) is 5.92 Å². The lowest BCUT2D eigenvalue weighted by molar-refractivity contribution is -0.150. The van der Waals surface area contributed by atoms with Gasteiger partial charge in [0.2, 0.25) is 0 Å². The van der Waals surface area contributed by atoms with Crippen molar-refractivity contribution in [1.29, 1.82) is 0 Å². The highest BCUT2D eigenvalue weighted by molar-refractivity contribution is 5.77. The van der Waals surface area contributed by atoms with Crippen molar-refractivity contribution in [3.05, 3.63) is 0 Å². The van der Waals surface area contributed by atoms with Crippen molar-refractivity contribution >= 4 is 5.97 Å². The molecule has 4 nitrogen and oxygen atoms in total. The van der Waals surface area contributed by atoms with E-state index in [-0.39, 0.29) is 30.5 Å². The van der Waals surface area contributed by atoms with Gasteiger partial charge in [0.05, 0.1) is 25.2 Å². The third kappa shape index (κ3) is 0.758. The summed E-state index contributed by atoms with van der Waals surface area (Å²) in [5.74, 6) is -0.175. The van der Waals surface area contributed by atoms with E-state index in [1.54, 1.807) is 0 Å². The summed E-state index contributed by atoms with van der Waals surface area (Å²) in [7, 11) is 0. The molecule has 3 heterocycles. The van der Waals surface area contributed by atoms with Gasteiger partial charge < -0.3 is 14.6 Å². The largest absolute Gasteiger partial charge is 0.465 e. The van der Waals surface area contributed by atoms with Gasteiger partial charge in [-0.25, -0.2) is 0 Å². The Hall–Kier alpha value is -0.610. The minimum atomic E-state index is -0.594. The molecule has 3 saturated heterocycles. The van der Waals surface area contributed by atoms with Crippen molar-refractivity contribution in [3.63, 3.8) is 0 Å². The molecule has 4 heteroatoms. The van der Waals surface area contributed by atoms with Crippen LogP contribution in [0.5, 0.6) is 0 Å². The number of carbonyl (C=O) groups is 1. The zero-order valence-electron chi connectivity index (χ0n) is 7.23. The lowest BCUT2D eigenvalue weighted by atomic mass is 9.73. The van der Waals surface area contributed by atoms with E-state index in [4.69, 9.17) is 9.47 Å². The third-order valence-electron chi connectivity index (χ3n) is 3.65. The van der Waals surface area contributed by atoms with Crippen LogP contribution >= 0.6 is 0 Å². The first-order valence-corrected chi connectivity index (χ1v) is 4.72. The molecule has 1 N–H and O–H groups in total. The minimum absolute atomic E-state index is 0.0558. The van der Waals surface area contributed by atoms with Gasteiger partial charge in [-0.2, -0.15) is 0 Å². The summed E-state index contributed by atoms with van der Waals surface area (Å²) in [6, 6.07) is 0. The van der Waals surface area contributed by atoms with Crippen LogP contribution in [0.25, 0.3) is 0 Å². The first kappa shape index (κ1) is 7.76. The van der Waals surface area contributed by atoms with Crippen LogP contribution in [0.1, 0.15) is 12.8 Å². The highest BCUT2D eigenvalue weighted by Gasteiger charge is 2.65. The van der Waals surface area contributed by atoms with Crippen molar-refractivity contribution in [1.82, 2.24) is 0 Å². The summed E-state index contributed by atoms with van der Waals surface area (Å²) in [5, 5.41) is 9.28. The summed E-state index contributed by atoms with van der Waals surface area (Å²) in [5.41, 5.74) is -0.594. The fraction of sp³-hybridized carbons (Fsp3) is 0.889. The van der Waals surface area contributed by atoms with Crippen molar-refractivity contribution < 1.29 is 19.4 Å². The second-order valence-electron chi connectivity index (χ2n) is 4.19. The van der Waals surface area contributed by atoms with E-state index in [1.165, 1.54) is 0 Å². The summed E-state index contributed by atoms with van der Waals surface area (Å²) in [4.78, 5) is 11.4. The van der Waals surface area contributed by atoms with Crippen LogP contribution in [0.3, 0.4) is 0 Å².